The van der Waals surface area contributed by atoms with Gasteiger partial charge in [0, 0.05) is 0 Å². The zero-order chi connectivity index (χ0) is 14.6. The maximum atomic E-state index is 13.4. The van der Waals surface area contributed by atoms with E-state index in [9.17, 15) is 14.0 Å². The van der Waals surface area contributed by atoms with Crippen molar-refractivity contribution < 1.29 is 19.1 Å². The minimum absolute atomic E-state index is 0.0151. The topological polar surface area (TPSA) is 78.4 Å². The standard InChI is InChI=1S/C13H17FN2O3/c1-4-13(3,11(17)18)16-12(19)15-10-7-8(2)5-6-9(10)14/h5-7H,4H2,1-3H3,(H,17,18)(H2,15,16,19). The number of benzene rings is 1. The molecule has 0 aromatic heterocycles. The molecule has 5 nitrogen and oxygen atoms in total. The number of carbonyl (C=O) groups excluding carboxylic acids is 1. The van der Waals surface area contributed by atoms with Crippen molar-refractivity contribution in [1.82, 2.24) is 5.32 Å². The lowest BCUT2D eigenvalue weighted by Crippen LogP contribution is -2.53. The van der Waals surface area contributed by atoms with Crippen LogP contribution in [0.15, 0.2) is 18.2 Å². The van der Waals surface area contributed by atoms with Gasteiger partial charge in [0.2, 0.25) is 0 Å². The predicted octanol–water partition coefficient (Wildman–Crippen LogP) is 2.51. The number of rotatable bonds is 4. The van der Waals surface area contributed by atoms with Crippen LogP contribution < -0.4 is 10.6 Å². The summed E-state index contributed by atoms with van der Waals surface area (Å²) in [6.07, 6.45) is 0.214. The second kappa shape index (κ2) is 5.69. The zero-order valence-electron chi connectivity index (χ0n) is 11.1. The van der Waals surface area contributed by atoms with Crippen molar-refractivity contribution in [1.29, 1.82) is 0 Å². The molecule has 3 N–H and O–H groups in total. The van der Waals surface area contributed by atoms with Crippen LogP contribution in [0.2, 0.25) is 0 Å². The predicted molar refractivity (Wildman–Crippen MR) is 69.6 cm³/mol. The lowest BCUT2D eigenvalue weighted by molar-refractivity contribution is -0.143. The number of hydrogen-bond donors (Lipinski definition) is 3. The number of aliphatic carboxylic acids is 1. The van der Waals surface area contributed by atoms with Crippen LogP contribution in [-0.4, -0.2) is 22.6 Å². The molecule has 0 saturated carbocycles. The molecule has 0 saturated heterocycles. The van der Waals surface area contributed by atoms with Gasteiger partial charge in [0.25, 0.3) is 0 Å². The lowest BCUT2D eigenvalue weighted by Gasteiger charge is -2.24. The fourth-order valence-corrected chi connectivity index (χ4v) is 1.43. The van der Waals surface area contributed by atoms with Crippen LogP contribution in [0.4, 0.5) is 14.9 Å². The minimum Gasteiger partial charge on any atom is -0.480 e. The first kappa shape index (κ1) is 14.9. The van der Waals surface area contributed by atoms with E-state index in [-0.39, 0.29) is 12.1 Å². The van der Waals surface area contributed by atoms with Gasteiger partial charge in [0.15, 0.2) is 0 Å². The van der Waals surface area contributed by atoms with Gasteiger partial charge in [-0.15, -0.1) is 0 Å². The van der Waals surface area contributed by atoms with Crippen molar-refractivity contribution in [3.63, 3.8) is 0 Å². The molecule has 1 aromatic carbocycles. The Morgan fingerprint density at radius 3 is 2.58 bits per heavy atom. The van der Waals surface area contributed by atoms with Crippen molar-refractivity contribution in [2.45, 2.75) is 32.7 Å². The van der Waals surface area contributed by atoms with E-state index in [1.54, 1.807) is 19.9 Å². The summed E-state index contributed by atoms with van der Waals surface area (Å²) in [6, 6.07) is 3.53. The van der Waals surface area contributed by atoms with Crippen LogP contribution in [0.5, 0.6) is 0 Å². The van der Waals surface area contributed by atoms with Gasteiger partial charge in [-0.3, -0.25) is 0 Å². The zero-order valence-corrected chi connectivity index (χ0v) is 11.1. The Morgan fingerprint density at radius 1 is 1.42 bits per heavy atom. The number of carbonyl (C=O) groups is 2. The molecule has 0 bridgehead atoms. The molecule has 0 radical (unpaired) electrons. The van der Waals surface area contributed by atoms with Gasteiger partial charge in [-0.2, -0.15) is 0 Å². The molecule has 19 heavy (non-hydrogen) atoms. The van der Waals surface area contributed by atoms with E-state index in [1.807, 2.05) is 0 Å². The van der Waals surface area contributed by atoms with Crippen LogP contribution in [0.25, 0.3) is 0 Å². The molecule has 0 aliphatic heterocycles. The molecule has 0 aliphatic rings. The number of carboxylic acid groups (broad SMARTS) is 1. The molecule has 1 rings (SSSR count). The summed E-state index contributed by atoms with van der Waals surface area (Å²) in [4.78, 5) is 22.7. The van der Waals surface area contributed by atoms with E-state index < -0.39 is 23.4 Å². The Labute approximate surface area is 110 Å². The van der Waals surface area contributed by atoms with E-state index in [0.29, 0.717) is 0 Å². The highest BCUT2D eigenvalue weighted by molar-refractivity contribution is 5.93. The normalized spacial score (nSPS) is 13.5. The third kappa shape index (κ3) is 3.67. The van der Waals surface area contributed by atoms with Crippen LogP contribution in [-0.2, 0) is 4.79 Å². The first-order chi connectivity index (χ1) is 8.78. The quantitative estimate of drug-likeness (QED) is 0.785. The highest BCUT2D eigenvalue weighted by Gasteiger charge is 2.32. The van der Waals surface area contributed by atoms with E-state index in [0.717, 1.165) is 5.56 Å². The van der Waals surface area contributed by atoms with Gasteiger partial charge in [-0.05, 0) is 38.0 Å². The van der Waals surface area contributed by atoms with Crippen LogP contribution in [0.3, 0.4) is 0 Å². The van der Waals surface area contributed by atoms with E-state index in [1.165, 1.54) is 19.1 Å². The van der Waals surface area contributed by atoms with Gasteiger partial charge >= 0.3 is 12.0 Å². The Kier molecular flexibility index (Phi) is 4.47. The minimum atomic E-state index is -1.38. The summed E-state index contributed by atoms with van der Waals surface area (Å²) in [5, 5.41) is 13.7. The third-order valence-electron chi connectivity index (χ3n) is 2.94. The van der Waals surface area contributed by atoms with Crippen molar-refractivity contribution >= 4 is 17.7 Å². The highest BCUT2D eigenvalue weighted by atomic mass is 19.1. The summed E-state index contributed by atoms with van der Waals surface area (Å²) in [5.74, 6) is -1.72. The summed E-state index contributed by atoms with van der Waals surface area (Å²) >= 11 is 0. The number of carboxylic acids is 1. The lowest BCUT2D eigenvalue weighted by atomic mass is 10.00. The Balaban J connectivity index is 2.80. The average molecular weight is 268 g/mol. The molecule has 0 fully saturated rings. The second-order valence-electron chi connectivity index (χ2n) is 4.55. The SMILES string of the molecule is CCC(C)(NC(=O)Nc1cc(C)ccc1F)C(=O)O. The molecule has 2 amide bonds. The highest BCUT2D eigenvalue weighted by Crippen LogP contribution is 2.16. The number of nitrogens with one attached hydrogen (secondary N) is 2. The summed E-state index contributed by atoms with van der Waals surface area (Å²) in [7, 11) is 0. The molecule has 0 heterocycles. The number of aryl methyl sites for hydroxylation is 1. The van der Waals surface area contributed by atoms with Crippen LogP contribution in [0, 0.1) is 12.7 Å². The number of urea groups is 1. The Hall–Kier alpha value is -2.11. The fraction of sp³-hybridized carbons (Fsp3) is 0.385. The van der Waals surface area contributed by atoms with E-state index in [2.05, 4.69) is 10.6 Å². The number of hydrogen-bond acceptors (Lipinski definition) is 2. The summed E-state index contributed by atoms with van der Waals surface area (Å²) in [6.45, 7) is 4.79. The van der Waals surface area contributed by atoms with Gasteiger partial charge in [0.05, 0.1) is 5.69 Å². The third-order valence-corrected chi connectivity index (χ3v) is 2.94. The molecule has 1 unspecified atom stereocenters. The Morgan fingerprint density at radius 2 is 2.05 bits per heavy atom. The maximum Gasteiger partial charge on any atom is 0.329 e. The molecule has 104 valence electrons. The van der Waals surface area contributed by atoms with Crippen LogP contribution in [0.1, 0.15) is 25.8 Å². The van der Waals surface area contributed by atoms with Gasteiger partial charge < -0.3 is 15.7 Å². The van der Waals surface area contributed by atoms with Crippen molar-refractivity contribution in [3.8, 4) is 0 Å². The molecule has 0 spiro atoms. The van der Waals surface area contributed by atoms with E-state index in [4.69, 9.17) is 5.11 Å². The van der Waals surface area contributed by atoms with Gasteiger partial charge in [0.1, 0.15) is 11.4 Å². The number of anilines is 1. The van der Waals surface area contributed by atoms with Crippen LogP contribution >= 0.6 is 0 Å². The first-order valence-corrected chi connectivity index (χ1v) is 5.87. The summed E-state index contributed by atoms with van der Waals surface area (Å²) < 4.78 is 13.4. The number of amides is 2. The molecule has 1 atom stereocenters. The molecular weight excluding hydrogens is 251 g/mol. The maximum absolute atomic E-state index is 13.4. The molecule has 0 aliphatic carbocycles. The molecule has 1 aromatic rings. The fourth-order valence-electron chi connectivity index (χ4n) is 1.43. The molecule has 6 heteroatoms. The van der Waals surface area contributed by atoms with Crippen molar-refractivity contribution in [2.24, 2.45) is 0 Å². The van der Waals surface area contributed by atoms with Crippen molar-refractivity contribution in [2.75, 3.05) is 5.32 Å². The van der Waals surface area contributed by atoms with Gasteiger partial charge in [-0.25, -0.2) is 14.0 Å². The second-order valence-corrected chi connectivity index (χ2v) is 4.55. The largest absolute Gasteiger partial charge is 0.480 e. The number of halogens is 1. The van der Waals surface area contributed by atoms with Gasteiger partial charge in [-0.1, -0.05) is 13.0 Å². The monoisotopic (exact) mass is 268 g/mol. The Bertz CT molecular complexity index is 505. The average Bonchev–Trinajstić information content (AvgIpc) is 2.33. The summed E-state index contributed by atoms with van der Waals surface area (Å²) in [5.41, 5.74) is -0.584. The van der Waals surface area contributed by atoms with E-state index >= 15 is 0 Å². The molecular formula is C13H17FN2O3. The first-order valence-electron chi connectivity index (χ1n) is 5.87. The van der Waals surface area contributed by atoms with Crippen molar-refractivity contribution in [3.05, 3.63) is 29.6 Å². The smallest absolute Gasteiger partial charge is 0.329 e.